The summed E-state index contributed by atoms with van der Waals surface area (Å²) in [5.41, 5.74) is 0.0540. The van der Waals surface area contributed by atoms with Gasteiger partial charge in [-0.3, -0.25) is 9.69 Å². The van der Waals surface area contributed by atoms with E-state index in [-0.39, 0.29) is 11.7 Å². The van der Waals surface area contributed by atoms with Crippen LogP contribution in [0.1, 0.15) is 30.1 Å². The average Bonchev–Trinajstić information content (AvgIpc) is 3.13. The lowest BCUT2D eigenvalue weighted by molar-refractivity contribution is -0.143. The summed E-state index contributed by atoms with van der Waals surface area (Å²) in [7, 11) is 0. The number of hydrogen-bond donors (Lipinski definition) is 0. The first-order valence-corrected chi connectivity index (χ1v) is 9.71. The van der Waals surface area contributed by atoms with Crippen molar-refractivity contribution in [3.05, 3.63) is 47.4 Å². The van der Waals surface area contributed by atoms with Crippen LogP contribution in [0.15, 0.2) is 28.8 Å². The summed E-state index contributed by atoms with van der Waals surface area (Å²) in [5, 5.41) is 3.94. The second kappa shape index (κ2) is 7.97. The smallest absolute Gasteiger partial charge is 0.233 e. The Balaban J connectivity index is 1.46. The number of hydrogen-bond acceptors (Lipinski definition) is 6. The topological polar surface area (TPSA) is 71.7 Å². The van der Waals surface area contributed by atoms with Gasteiger partial charge in [-0.2, -0.15) is 4.98 Å². The van der Waals surface area contributed by atoms with E-state index in [1.165, 1.54) is 12.1 Å². The van der Waals surface area contributed by atoms with Crippen LogP contribution >= 0.6 is 0 Å². The molecule has 0 unspecified atom stereocenters. The van der Waals surface area contributed by atoms with Crippen molar-refractivity contribution in [2.24, 2.45) is 0 Å². The fourth-order valence-electron chi connectivity index (χ4n) is 4.15. The van der Waals surface area contributed by atoms with Crippen LogP contribution in [0.4, 0.5) is 4.39 Å². The van der Waals surface area contributed by atoms with Gasteiger partial charge in [-0.05, 0) is 30.5 Å². The van der Waals surface area contributed by atoms with E-state index in [0.717, 1.165) is 18.7 Å². The maximum atomic E-state index is 13.9. The number of rotatable bonds is 4. The largest absolute Gasteiger partial charge is 0.381 e. The maximum absolute atomic E-state index is 13.9. The summed E-state index contributed by atoms with van der Waals surface area (Å²) in [6.45, 7) is 6.17. The molecule has 2 aliphatic rings. The first-order valence-electron chi connectivity index (χ1n) is 9.71. The molecule has 7 nitrogen and oxygen atoms in total. The van der Waals surface area contributed by atoms with E-state index in [1.54, 1.807) is 13.0 Å². The van der Waals surface area contributed by atoms with Crippen LogP contribution in [0, 0.1) is 12.7 Å². The van der Waals surface area contributed by atoms with Gasteiger partial charge in [-0.15, -0.1) is 0 Å². The minimum Gasteiger partial charge on any atom is -0.381 e. The molecule has 1 amide bonds. The van der Waals surface area contributed by atoms with Gasteiger partial charge in [-0.1, -0.05) is 17.3 Å². The molecule has 3 heterocycles. The van der Waals surface area contributed by atoms with Gasteiger partial charge in [0.1, 0.15) is 5.82 Å². The molecule has 0 saturated carbocycles. The minimum absolute atomic E-state index is 0.0801. The van der Waals surface area contributed by atoms with Crippen LogP contribution in [0.2, 0.25) is 0 Å². The highest BCUT2D eigenvalue weighted by Crippen LogP contribution is 2.37. The number of amides is 1. The molecule has 1 aromatic heterocycles. The molecule has 2 aromatic rings. The van der Waals surface area contributed by atoms with Gasteiger partial charge in [0.05, 0.1) is 12.0 Å². The molecule has 0 spiro atoms. The molecule has 1 aromatic carbocycles. The zero-order chi connectivity index (χ0) is 19.6. The number of aryl methyl sites for hydroxylation is 1. The van der Waals surface area contributed by atoms with E-state index in [1.807, 2.05) is 11.0 Å². The van der Waals surface area contributed by atoms with Gasteiger partial charge in [0.2, 0.25) is 11.8 Å². The Bertz CT molecular complexity index is 826. The third-order valence-corrected chi connectivity index (χ3v) is 5.73. The van der Waals surface area contributed by atoms with E-state index in [4.69, 9.17) is 9.26 Å². The first kappa shape index (κ1) is 19.0. The molecule has 2 fully saturated rings. The number of benzene rings is 1. The third kappa shape index (κ3) is 3.79. The number of ether oxygens (including phenoxy) is 1. The van der Waals surface area contributed by atoms with Gasteiger partial charge in [-0.25, -0.2) is 4.39 Å². The lowest BCUT2D eigenvalue weighted by atomic mass is 9.73. The highest BCUT2D eigenvalue weighted by molar-refractivity contribution is 5.88. The summed E-state index contributed by atoms with van der Waals surface area (Å²) in [4.78, 5) is 21.9. The molecule has 28 heavy (non-hydrogen) atoms. The molecule has 0 aliphatic carbocycles. The molecule has 2 aliphatic heterocycles. The Kier molecular flexibility index (Phi) is 5.41. The molecule has 2 saturated heterocycles. The molecule has 0 N–H and O–H groups in total. The zero-order valence-corrected chi connectivity index (χ0v) is 16.1. The van der Waals surface area contributed by atoms with Crippen molar-refractivity contribution in [1.29, 1.82) is 0 Å². The quantitative estimate of drug-likeness (QED) is 0.797. The van der Waals surface area contributed by atoms with Crippen LogP contribution < -0.4 is 0 Å². The molecule has 0 radical (unpaired) electrons. The van der Waals surface area contributed by atoms with Crippen LogP contribution in [-0.2, 0) is 21.5 Å². The van der Waals surface area contributed by atoms with E-state index in [9.17, 15) is 9.18 Å². The number of carbonyl (C=O) groups excluding carboxylic acids is 1. The van der Waals surface area contributed by atoms with Gasteiger partial charge < -0.3 is 14.2 Å². The highest BCUT2D eigenvalue weighted by Gasteiger charge is 2.44. The maximum Gasteiger partial charge on any atom is 0.233 e. The Labute approximate surface area is 163 Å². The van der Waals surface area contributed by atoms with Crippen molar-refractivity contribution < 1.29 is 18.4 Å². The van der Waals surface area contributed by atoms with Crippen molar-refractivity contribution in [3.63, 3.8) is 0 Å². The van der Waals surface area contributed by atoms with Gasteiger partial charge in [0.25, 0.3) is 0 Å². The van der Waals surface area contributed by atoms with Gasteiger partial charge >= 0.3 is 0 Å². The standard InChI is InChI=1S/C20H25FN4O3/c1-15-22-18(23-28-15)14-24-7-9-25(10-8-24)19(26)20(5-11-27-12-6-20)16-3-2-4-17(21)13-16/h2-4,13H,5-12,14H2,1H3. The van der Waals surface area contributed by atoms with E-state index in [2.05, 4.69) is 15.0 Å². The Morgan fingerprint density at radius 2 is 1.96 bits per heavy atom. The van der Waals surface area contributed by atoms with Crippen LogP contribution in [-0.4, -0.2) is 65.2 Å². The fourth-order valence-corrected chi connectivity index (χ4v) is 4.15. The second-order valence-corrected chi connectivity index (χ2v) is 7.50. The zero-order valence-electron chi connectivity index (χ0n) is 16.1. The average molecular weight is 388 g/mol. The third-order valence-electron chi connectivity index (χ3n) is 5.73. The Morgan fingerprint density at radius 1 is 1.21 bits per heavy atom. The van der Waals surface area contributed by atoms with E-state index >= 15 is 0 Å². The van der Waals surface area contributed by atoms with Gasteiger partial charge in [0.15, 0.2) is 5.82 Å². The molecular formula is C20H25FN4O3. The molecular weight excluding hydrogens is 363 g/mol. The Morgan fingerprint density at radius 3 is 2.61 bits per heavy atom. The van der Waals surface area contributed by atoms with E-state index in [0.29, 0.717) is 57.4 Å². The first-order chi connectivity index (χ1) is 13.6. The van der Waals surface area contributed by atoms with Crippen molar-refractivity contribution >= 4 is 5.91 Å². The number of aromatic nitrogens is 2. The minimum atomic E-state index is -0.701. The van der Waals surface area contributed by atoms with Crippen LogP contribution in [0.3, 0.4) is 0 Å². The molecule has 0 atom stereocenters. The van der Waals surface area contributed by atoms with Crippen molar-refractivity contribution in [2.45, 2.75) is 31.7 Å². The molecule has 8 heteroatoms. The van der Waals surface area contributed by atoms with E-state index < -0.39 is 5.41 Å². The molecule has 4 rings (SSSR count). The molecule has 0 bridgehead atoms. The van der Waals surface area contributed by atoms with Crippen molar-refractivity contribution in [1.82, 2.24) is 19.9 Å². The summed E-state index contributed by atoms with van der Waals surface area (Å²) >= 11 is 0. The fraction of sp³-hybridized carbons (Fsp3) is 0.550. The molecule has 150 valence electrons. The van der Waals surface area contributed by atoms with Gasteiger partial charge in [0, 0.05) is 46.3 Å². The predicted molar refractivity (Wildman–Crippen MR) is 99.0 cm³/mol. The lowest BCUT2D eigenvalue weighted by Crippen LogP contribution is -2.55. The number of nitrogens with zero attached hydrogens (tertiary/aromatic N) is 4. The summed E-state index contributed by atoms with van der Waals surface area (Å²) in [6.07, 6.45) is 1.16. The number of halogens is 1. The normalized spacial score (nSPS) is 20.3. The van der Waals surface area contributed by atoms with Crippen LogP contribution in [0.5, 0.6) is 0 Å². The summed E-state index contributed by atoms with van der Waals surface area (Å²) in [5.74, 6) is 0.992. The summed E-state index contributed by atoms with van der Waals surface area (Å²) in [6, 6.07) is 6.46. The SMILES string of the molecule is Cc1nc(CN2CCN(C(=O)C3(c4cccc(F)c4)CCOCC3)CC2)no1. The lowest BCUT2D eigenvalue weighted by Gasteiger charge is -2.43. The van der Waals surface area contributed by atoms with Crippen LogP contribution in [0.25, 0.3) is 0 Å². The van der Waals surface area contributed by atoms with Crippen molar-refractivity contribution in [2.75, 3.05) is 39.4 Å². The highest BCUT2D eigenvalue weighted by atomic mass is 19.1. The number of carbonyl (C=O) groups is 1. The predicted octanol–water partition coefficient (Wildman–Crippen LogP) is 1.91. The second-order valence-electron chi connectivity index (χ2n) is 7.50. The number of piperazine rings is 1. The monoisotopic (exact) mass is 388 g/mol. The Hall–Kier alpha value is -2.32. The summed E-state index contributed by atoms with van der Waals surface area (Å²) < 4.78 is 24.4. The van der Waals surface area contributed by atoms with Crippen molar-refractivity contribution in [3.8, 4) is 0 Å².